The molecule has 0 aliphatic heterocycles. The van der Waals surface area contributed by atoms with Crippen LogP contribution in [-0.4, -0.2) is 42.6 Å². The first-order valence-electron chi connectivity index (χ1n) is 5.98. The van der Waals surface area contributed by atoms with Crippen LogP contribution >= 0.6 is 0 Å². The van der Waals surface area contributed by atoms with Crippen LogP contribution in [0.15, 0.2) is 30.3 Å². The Bertz CT molecular complexity index is 514. The Morgan fingerprint density at radius 2 is 2.17 bits per heavy atom. The van der Waals surface area contributed by atoms with E-state index in [9.17, 15) is 4.79 Å². The average Bonchev–Trinajstić information content (AvgIpc) is 2.81. The molecule has 96 valence electrons. The van der Waals surface area contributed by atoms with Crippen LogP contribution in [0, 0.1) is 0 Å². The van der Waals surface area contributed by atoms with Crippen molar-refractivity contribution in [2.45, 2.75) is 13.0 Å². The molecule has 1 unspecified atom stereocenters. The standard InChI is InChI=1S/C14H18N2O2/c1-10(18-3)9-16(2)14(17)13-8-11-6-4-5-7-12(11)15-13/h4-8,10,15H,9H2,1-3H3. The van der Waals surface area contributed by atoms with Crippen LogP contribution in [0.3, 0.4) is 0 Å². The number of para-hydroxylation sites is 1. The number of carbonyl (C=O) groups is 1. The van der Waals surface area contributed by atoms with Crippen molar-refractivity contribution in [3.05, 3.63) is 36.0 Å². The molecule has 1 aromatic heterocycles. The third kappa shape index (κ3) is 2.54. The van der Waals surface area contributed by atoms with Gasteiger partial charge < -0.3 is 14.6 Å². The maximum absolute atomic E-state index is 12.2. The average molecular weight is 246 g/mol. The van der Waals surface area contributed by atoms with E-state index in [1.54, 1.807) is 19.1 Å². The van der Waals surface area contributed by atoms with Gasteiger partial charge in [0, 0.05) is 31.6 Å². The van der Waals surface area contributed by atoms with Crippen LogP contribution < -0.4 is 0 Å². The van der Waals surface area contributed by atoms with Gasteiger partial charge in [0.05, 0.1) is 6.10 Å². The predicted molar refractivity (Wildman–Crippen MR) is 71.7 cm³/mol. The number of aromatic nitrogens is 1. The number of fused-ring (bicyclic) bond motifs is 1. The lowest BCUT2D eigenvalue weighted by Crippen LogP contribution is -2.34. The Kier molecular flexibility index (Phi) is 3.67. The number of nitrogens with zero attached hydrogens (tertiary/aromatic N) is 1. The number of benzene rings is 1. The van der Waals surface area contributed by atoms with Gasteiger partial charge in [-0.25, -0.2) is 0 Å². The summed E-state index contributed by atoms with van der Waals surface area (Å²) in [5, 5.41) is 1.05. The van der Waals surface area contributed by atoms with E-state index in [1.165, 1.54) is 0 Å². The third-order valence-electron chi connectivity index (χ3n) is 3.04. The number of ether oxygens (including phenoxy) is 1. The lowest BCUT2D eigenvalue weighted by molar-refractivity contribution is 0.0596. The molecule has 0 radical (unpaired) electrons. The molecule has 2 aromatic rings. The van der Waals surface area contributed by atoms with E-state index in [4.69, 9.17) is 4.74 Å². The molecule has 0 saturated carbocycles. The molecule has 4 heteroatoms. The number of rotatable bonds is 4. The van der Waals surface area contributed by atoms with Gasteiger partial charge >= 0.3 is 0 Å². The molecule has 1 heterocycles. The number of hydrogen-bond acceptors (Lipinski definition) is 2. The number of methoxy groups -OCH3 is 1. The first-order chi connectivity index (χ1) is 8.61. The highest BCUT2D eigenvalue weighted by Crippen LogP contribution is 2.15. The van der Waals surface area contributed by atoms with Crippen LogP contribution in [0.1, 0.15) is 17.4 Å². The second-order valence-corrected chi connectivity index (χ2v) is 4.50. The van der Waals surface area contributed by atoms with E-state index in [-0.39, 0.29) is 12.0 Å². The minimum absolute atomic E-state index is 0.0184. The molecule has 0 saturated heterocycles. The van der Waals surface area contributed by atoms with Gasteiger partial charge in [0.25, 0.3) is 5.91 Å². The first-order valence-corrected chi connectivity index (χ1v) is 5.98. The maximum Gasteiger partial charge on any atom is 0.270 e. The summed E-state index contributed by atoms with van der Waals surface area (Å²) in [7, 11) is 3.43. The van der Waals surface area contributed by atoms with Gasteiger partial charge in [-0.15, -0.1) is 0 Å². The summed E-state index contributed by atoms with van der Waals surface area (Å²) in [5.41, 5.74) is 1.59. The highest BCUT2D eigenvalue weighted by atomic mass is 16.5. The third-order valence-corrected chi connectivity index (χ3v) is 3.04. The quantitative estimate of drug-likeness (QED) is 0.899. The van der Waals surface area contributed by atoms with Gasteiger partial charge in [0.15, 0.2) is 0 Å². The summed E-state index contributed by atoms with van der Waals surface area (Å²) < 4.78 is 5.16. The minimum Gasteiger partial charge on any atom is -0.380 e. The lowest BCUT2D eigenvalue weighted by Gasteiger charge is -2.20. The molecular weight excluding hydrogens is 228 g/mol. The normalized spacial score (nSPS) is 12.6. The SMILES string of the molecule is COC(C)CN(C)C(=O)c1cc2ccccc2[nH]1. The number of carbonyl (C=O) groups excluding carboxylic acids is 1. The van der Waals surface area contributed by atoms with Crippen molar-refractivity contribution in [1.82, 2.24) is 9.88 Å². The van der Waals surface area contributed by atoms with E-state index >= 15 is 0 Å². The first kappa shape index (κ1) is 12.6. The molecule has 4 nitrogen and oxygen atoms in total. The fourth-order valence-corrected chi connectivity index (χ4v) is 1.94. The van der Waals surface area contributed by atoms with Crippen LogP contribution in [0.4, 0.5) is 0 Å². The summed E-state index contributed by atoms with van der Waals surface area (Å²) in [5.74, 6) is -0.0184. The van der Waals surface area contributed by atoms with Crippen molar-refractivity contribution < 1.29 is 9.53 Å². The Balaban J connectivity index is 2.17. The molecule has 0 aliphatic rings. The summed E-state index contributed by atoms with van der Waals surface area (Å²) >= 11 is 0. The molecule has 1 N–H and O–H groups in total. The lowest BCUT2D eigenvalue weighted by atomic mass is 10.2. The fourth-order valence-electron chi connectivity index (χ4n) is 1.94. The van der Waals surface area contributed by atoms with Gasteiger partial charge in [-0.3, -0.25) is 4.79 Å². The highest BCUT2D eigenvalue weighted by molar-refractivity contribution is 5.97. The van der Waals surface area contributed by atoms with Crippen molar-refractivity contribution in [2.24, 2.45) is 0 Å². The van der Waals surface area contributed by atoms with Gasteiger partial charge in [-0.2, -0.15) is 0 Å². The molecule has 0 spiro atoms. The number of H-pyrrole nitrogens is 1. The van der Waals surface area contributed by atoms with Crippen molar-refractivity contribution >= 4 is 16.8 Å². The van der Waals surface area contributed by atoms with Gasteiger partial charge in [0.1, 0.15) is 5.69 Å². The van der Waals surface area contributed by atoms with E-state index in [1.807, 2.05) is 37.3 Å². The highest BCUT2D eigenvalue weighted by Gasteiger charge is 2.16. The van der Waals surface area contributed by atoms with E-state index in [0.29, 0.717) is 12.2 Å². The Morgan fingerprint density at radius 1 is 1.44 bits per heavy atom. The Morgan fingerprint density at radius 3 is 2.83 bits per heavy atom. The van der Waals surface area contributed by atoms with Crippen LogP contribution in [-0.2, 0) is 4.74 Å². The largest absolute Gasteiger partial charge is 0.380 e. The maximum atomic E-state index is 12.2. The van der Waals surface area contributed by atoms with Crippen LogP contribution in [0.25, 0.3) is 10.9 Å². The van der Waals surface area contributed by atoms with Gasteiger partial charge in [-0.1, -0.05) is 18.2 Å². The zero-order valence-corrected chi connectivity index (χ0v) is 10.9. The van der Waals surface area contributed by atoms with Crippen molar-refractivity contribution in [1.29, 1.82) is 0 Å². The number of aromatic amines is 1. The number of amides is 1. The van der Waals surface area contributed by atoms with E-state index in [0.717, 1.165) is 10.9 Å². The van der Waals surface area contributed by atoms with Gasteiger partial charge in [0.2, 0.25) is 0 Å². The minimum atomic E-state index is -0.0184. The van der Waals surface area contributed by atoms with E-state index in [2.05, 4.69) is 4.98 Å². The summed E-state index contributed by atoms with van der Waals surface area (Å²) in [4.78, 5) is 17.0. The second kappa shape index (κ2) is 5.23. The van der Waals surface area contributed by atoms with Crippen molar-refractivity contribution in [2.75, 3.05) is 20.7 Å². The smallest absolute Gasteiger partial charge is 0.270 e. The predicted octanol–water partition coefficient (Wildman–Crippen LogP) is 2.27. The summed E-state index contributed by atoms with van der Waals surface area (Å²) in [6.07, 6.45) is 0.0309. The monoisotopic (exact) mass is 246 g/mol. The topological polar surface area (TPSA) is 45.3 Å². The molecule has 1 aromatic carbocycles. The molecule has 0 fully saturated rings. The molecule has 1 atom stereocenters. The zero-order valence-electron chi connectivity index (χ0n) is 10.9. The molecule has 2 rings (SSSR count). The molecule has 0 aliphatic carbocycles. The second-order valence-electron chi connectivity index (χ2n) is 4.50. The molecule has 1 amide bonds. The molecule has 18 heavy (non-hydrogen) atoms. The number of nitrogens with one attached hydrogen (secondary N) is 1. The molecule has 0 bridgehead atoms. The Hall–Kier alpha value is -1.81. The summed E-state index contributed by atoms with van der Waals surface area (Å²) in [6.45, 7) is 2.51. The van der Waals surface area contributed by atoms with E-state index < -0.39 is 0 Å². The summed E-state index contributed by atoms with van der Waals surface area (Å²) in [6, 6.07) is 9.74. The van der Waals surface area contributed by atoms with Crippen molar-refractivity contribution in [3.63, 3.8) is 0 Å². The Labute approximate surface area is 107 Å². The van der Waals surface area contributed by atoms with Gasteiger partial charge in [-0.05, 0) is 19.1 Å². The van der Waals surface area contributed by atoms with Crippen LogP contribution in [0.5, 0.6) is 0 Å². The zero-order chi connectivity index (χ0) is 13.1. The van der Waals surface area contributed by atoms with Crippen molar-refractivity contribution in [3.8, 4) is 0 Å². The van der Waals surface area contributed by atoms with Crippen LogP contribution in [0.2, 0.25) is 0 Å². The number of hydrogen-bond donors (Lipinski definition) is 1. The molecular formula is C14H18N2O2. The fraction of sp³-hybridized carbons (Fsp3) is 0.357. The number of likely N-dealkylation sites (N-methyl/N-ethyl adjacent to an activating group) is 1.